The normalized spacial score (nSPS) is 10.0. The van der Waals surface area contributed by atoms with E-state index in [9.17, 15) is 0 Å². The SMILES string of the molecule is COc1ccc(N(C)c2cccnc2C(N)=S)cc1. The molecule has 1 heterocycles. The van der Waals surface area contributed by atoms with Crippen LogP contribution < -0.4 is 15.4 Å². The number of hydrogen-bond donors (Lipinski definition) is 1. The van der Waals surface area contributed by atoms with Gasteiger partial charge in [0.05, 0.1) is 12.8 Å². The molecule has 98 valence electrons. The second-order valence-electron chi connectivity index (χ2n) is 3.99. The summed E-state index contributed by atoms with van der Waals surface area (Å²) >= 11 is 5.03. The van der Waals surface area contributed by atoms with Crippen LogP contribution in [-0.4, -0.2) is 24.1 Å². The third-order valence-electron chi connectivity index (χ3n) is 2.84. The van der Waals surface area contributed by atoms with E-state index in [1.807, 2.05) is 48.3 Å². The molecule has 4 nitrogen and oxygen atoms in total. The standard InChI is InChI=1S/C14H15N3OS/c1-17(10-5-7-11(18-2)8-6-10)12-4-3-9-16-13(12)14(15)19/h3-9H,1-2H3,(H2,15,19). The van der Waals surface area contributed by atoms with E-state index in [0.717, 1.165) is 17.1 Å². The molecule has 19 heavy (non-hydrogen) atoms. The van der Waals surface area contributed by atoms with Gasteiger partial charge < -0.3 is 15.4 Å². The van der Waals surface area contributed by atoms with Gasteiger partial charge in [-0.2, -0.15) is 0 Å². The van der Waals surface area contributed by atoms with E-state index >= 15 is 0 Å². The fourth-order valence-electron chi connectivity index (χ4n) is 1.80. The molecule has 2 aromatic rings. The molecule has 0 saturated carbocycles. The minimum Gasteiger partial charge on any atom is -0.497 e. The third kappa shape index (κ3) is 2.82. The van der Waals surface area contributed by atoms with Gasteiger partial charge >= 0.3 is 0 Å². The topological polar surface area (TPSA) is 51.4 Å². The number of benzene rings is 1. The van der Waals surface area contributed by atoms with Gasteiger partial charge in [0.2, 0.25) is 0 Å². The quantitative estimate of drug-likeness (QED) is 0.867. The molecule has 0 unspecified atom stereocenters. The van der Waals surface area contributed by atoms with Crippen LogP contribution in [0.2, 0.25) is 0 Å². The smallest absolute Gasteiger partial charge is 0.124 e. The fraction of sp³-hybridized carbons (Fsp3) is 0.143. The van der Waals surface area contributed by atoms with E-state index in [1.54, 1.807) is 13.3 Å². The highest BCUT2D eigenvalue weighted by Crippen LogP contribution is 2.27. The molecule has 0 aliphatic rings. The molecule has 2 N–H and O–H groups in total. The predicted octanol–water partition coefficient (Wildman–Crippen LogP) is 2.49. The van der Waals surface area contributed by atoms with Crippen LogP contribution in [0.1, 0.15) is 5.69 Å². The second kappa shape index (κ2) is 5.67. The van der Waals surface area contributed by atoms with E-state index in [-0.39, 0.29) is 4.99 Å². The number of nitrogens with two attached hydrogens (primary N) is 1. The zero-order valence-corrected chi connectivity index (χ0v) is 11.6. The van der Waals surface area contributed by atoms with Gasteiger partial charge in [-0.3, -0.25) is 4.98 Å². The Labute approximate surface area is 117 Å². The minimum absolute atomic E-state index is 0.288. The summed E-state index contributed by atoms with van der Waals surface area (Å²) in [6.07, 6.45) is 1.68. The Bertz CT molecular complexity index is 583. The van der Waals surface area contributed by atoms with Crippen LogP contribution in [-0.2, 0) is 0 Å². The van der Waals surface area contributed by atoms with E-state index in [0.29, 0.717) is 5.69 Å². The van der Waals surface area contributed by atoms with Crippen LogP contribution in [0.3, 0.4) is 0 Å². The molecule has 0 aliphatic carbocycles. The van der Waals surface area contributed by atoms with Gasteiger partial charge in [0.15, 0.2) is 0 Å². The van der Waals surface area contributed by atoms with Crippen molar-refractivity contribution in [1.82, 2.24) is 4.98 Å². The maximum atomic E-state index is 5.70. The number of nitrogens with zero attached hydrogens (tertiary/aromatic N) is 2. The van der Waals surface area contributed by atoms with E-state index in [4.69, 9.17) is 22.7 Å². The van der Waals surface area contributed by atoms with Crippen molar-refractivity contribution in [3.05, 3.63) is 48.3 Å². The zero-order chi connectivity index (χ0) is 13.8. The summed E-state index contributed by atoms with van der Waals surface area (Å²) in [5, 5.41) is 0. The molecular formula is C14H15N3OS. The van der Waals surface area contributed by atoms with Crippen molar-refractivity contribution in [1.29, 1.82) is 0 Å². The van der Waals surface area contributed by atoms with Gasteiger partial charge in [-0.25, -0.2) is 0 Å². The molecule has 1 aromatic heterocycles. The number of thiocarbonyl (C=S) groups is 1. The number of anilines is 2. The van der Waals surface area contributed by atoms with Crippen LogP contribution in [0.4, 0.5) is 11.4 Å². The Balaban J connectivity index is 2.37. The van der Waals surface area contributed by atoms with Gasteiger partial charge in [0.25, 0.3) is 0 Å². The fourth-order valence-corrected chi connectivity index (χ4v) is 1.96. The average Bonchev–Trinajstić information content (AvgIpc) is 2.46. The lowest BCUT2D eigenvalue weighted by Gasteiger charge is -2.21. The molecular weight excluding hydrogens is 258 g/mol. The summed E-state index contributed by atoms with van der Waals surface area (Å²) in [4.78, 5) is 6.50. The lowest BCUT2D eigenvalue weighted by molar-refractivity contribution is 0.415. The summed E-state index contributed by atoms with van der Waals surface area (Å²) in [6.45, 7) is 0. The summed E-state index contributed by atoms with van der Waals surface area (Å²) in [5.74, 6) is 0.818. The van der Waals surface area contributed by atoms with Crippen molar-refractivity contribution in [2.75, 3.05) is 19.1 Å². The highest BCUT2D eigenvalue weighted by Gasteiger charge is 2.11. The van der Waals surface area contributed by atoms with Gasteiger partial charge in [0, 0.05) is 18.9 Å². The molecule has 0 amide bonds. The first kappa shape index (κ1) is 13.3. The van der Waals surface area contributed by atoms with Crippen molar-refractivity contribution in [3.63, 3.8) is 0 Å². The Kier molecular flexibility index (Phi) is 3.97. The molecule has 0 spiro atoms. The zero-order valence-electron chi connectivity index (χ0n) is 10.8. The largest absolute Gasteiger partial charge is 0.497 e. The van der Waals surface area contributed by atoms with E-state index in [1.165, 1.54) is 0 Å². The van der Waals surface area contributed by atoms with Gasteiger partial charge in [-0.1, -0.05) is 12.2 Å². The van der Waals surface area contributed by atoms with Crippen LogP contribution in [0.5, 0.6) is 5.75 Å². The van der Waals surface area contributed by atoms with Crippen molar-refractivity contribution in [2.45, 2.75) is 0 Å². The van der Waals surface area contributed by atoms with Gasteiger partial charge in [-0.15, -0.1) is 0 Å². The number of pyridine rings is 1. The van der Waals surface area contributed by atoms with Gasteiger partial charge in [0.1, 0.15) is 16.4 Å². The molecule has 0 saturated heterocycles. The molecule has 0 radical (unpaired) electrons. The Hall–Kier alpha value is -2.14. The van der Waals surface area contributed by atoms with Gasteiger partial charge in [-0.05, 0) is 36.4 Å². The van der Waals surface area contributed by atoms with Crippen molar-refractivity contribution in [2.24, 2.45) is 5.73 Å². The van der Waals surface area contributed by atoms with Crippen molar-refractivity contribution >= 4 is 28.6 Å². The van der Waals surface area contributed by atoms with Crippen LogP contribution >= 0.6 is 12.2 Å². The maximum absolute atomic E-state index is 5.70. The first-order chi connectivity index (χ1) is 9.13. The Morgan fingerprint density at radius 2 is 1.95 bits per heavy atom. The molecule has 0 bridgehead atoms. The predicted molar refractivity (Wildman–Crippen MR) is 81.2 cm³/mol. The number of rotatable bonds is 4. The Morgan fingerprint density at radius 1 is 1.26 bits per heavy atom. The summed E-state index contributed by atoms with van der Waals surface area (Å²) in [6, 6.07) is 11.5. The molecule has 2 rings (SSSR count). The molecule has 5 heteroatoms. The summed E-state index contributed by atoms with van der Waals surface area (Å²) < 4.78 is 5.14. The number of aromatic nitrogens is 1. The first-order valence-corrected chi connectivity index (χ1v) is 6.17. The Morgan fingerprint density at radius 3 is 2.53 bits per heavy atom. The molecule has 1 aromatic carbocycles. The van der Waals surface area contributed by atoms with Crippen molar-refractivity contribution < 1.29 is 4.74 Å². The lowest BCUT2D eigenvalue weighted by Crippen LogP contribution is -2.19. The average molecular weight is 273 g/mol. The van der Waals surface area contributed by atoms with E-state index < -0.39 is 0 Å². The van der Waals surface area contributed by atoms with Crippen LogP contribution in [0.25, 0.3) is 0 Å². The van der Waals surface area contributed by atoms with E-state index in [2.05, 4.69) is 4.98 Å². The number of ether oxygens (including phenoxy) is 1. The highest BCUT2D eigenvalue weighted by atomic mass is 32.1. The number of methoxy groups -OCH3 is 1. The van der Waals surface area contributed by atoms with Crippen molar-refractivity contribution in [3.8, 4) is 5.75 Å². The molecule has 0 fully saturated rings. The van der Waals surface area contributed by atoms with Crippen LogP contribution in [0.15, 0.2) is 42.6 Å². The van der Waals surface area contributed by atoms with Crippen LogP contribution in [0, 0.1) is 0 Å². The monoisotopic (exact) mass is 273 g/mol. The first-order valence-electron chi connectivity index (χ1n) is 5.76. The summed E-state index contributed by atoms with van der Waals surface area (Å²) in [5.41, 5.74) is 8.20. The third-order valence-corrected chi connectivity index (χ3v) is 3.03. The maximum Gasteiger partial charge on any atom is 0.124 e. The second-order valence-corrected chi connectivity index (χ2v) is 4.43. The minimum atomic E-state index is 0.288. The lowest BCUT2D eigenvalue weighted by atomic mass is 10.2. The molecule has 0 atom stereocenters. The summed E-state index contributed by atoms with van der Waals surface area (Å²) in [7, 11) is 3.59. The highest BCUT2D eigenvalue weighted by molar-refractivity contribution is 7.80. The molecule has 0 aliphatic heterocycles. The number of hydrogen-bond acceptors (Lipinski definition) is 4.